The molecule has 1 aromatic carbocycles. The molecule has 0 N–H and O–H groups in total. The van der Waals surface area contributed by atoms with Crippen molar-refractivity contribution < 1.29 is 105 Å². The Balaban J connectivity index is 1.81. The Morgan fingerprint density at radius 1 is 0.256 bits per heavy atom. The summed E-state index contributed by atoms with van der Waals surface area (Å²) >= 11 is 0. The molecule has 0 aliphatic heterocycles. The van der Waals surface area contributed by atoms with E-state index >= 15 is 0 Å². The van der Waals surface area contributed by atoms with E-state index in [0.717, 1.165) is 51.2 Å². The van der Waals surface area contributed by atoms with Crippen molar-refractivity contribution >= 4 is 72.3 Å². The highest BCUT2D eigenvalue weighted by Crippen LogP contribution is 2.13. The van der Waals surface area contributed by atoms with Gasteiger partial charge in [0.1, 0.15) is 12.6 Å². The SMILES string of the molecule is O=CCCCCCOC(=O)CCCCCOC(=O)CCCCCOC(=O)CCCCCOC(=O)CCCCCOC(=O)CCCCCOC(=O)CCCCCOC(=O)CCCCCOC(=O)CCCCCOC(=O)CCCCCOC(=O)c1cccc(C=O)c1. The molecule has 0 radical (unpaired) electrons. The molecule has 0 atom stereocenters. The Morgan fingerprint density at radius 2 is 0.467 bits per heavy atom. The van der Waals surface area contributed by atoms with Crippen LogP contribution in [0, 0.1) is 0 Å². The molecular weight excluding hydrogens is 1170 g/mol. The minimum Gasteiger partial charge on any atom is -0.466 e. The molecule has 1 aromatic rings. The third-order valence-electron chi connectivity index (χ3n) is 14.1. The highest BCUT2D eigenvalue weighted by atomic mass is 16.6. The molecule has 510 valence electrons. The van der Waals surface area contributed by atoms with Crippen molar-refractivity contribution in [3.8, 4) is 0 Å². The number of benzene rings is 1. The van der Waals surface area contributed by atoms with Gasteiger partial charge in [0.2, 0.25) is 0 Å². The van der Waals surface area contributed by atoms with Crippen LogP contribution in [-0.2, 0) is 95.3 Å². The van der Waals surface area contributed by atoms with E-state index in [4.69, 9.17) is 47.4 Å². The number of esters is 10. The maximum atomic E-state index is 12.1. The van der Waals surface area contributed by atoms with E-state index in [0.29, 0.717) is 204 Å². The minimum atomic E-state index is -0.494. The Morgan fingerprint density at radius 3 is 0.678 bits per heavy atom. The zero-order valence-electron chi connectivity index (χ0n) is 53.8. The van der Waals surface area contributed by atoms with Gasteiger partial charge in [-0.25, -0.2) is 4.79 Å². The smallest absolute Gasteiger partial charge is 0.338 e. The summed E-state index contributed by atoms with van der Waals surface area (Å²) in [7, 11) is 0. The van der Waals surface area contributed by atoms with E-state index < -0.39 is 5.97 Å². The minimum absolute atomic E-state index is 0.219. The van der Waals surface area contributed by atoms with Gasteiger partial charge >= 0.3 is 59.7 Å². The van der Waals surface area contributed by atoms with E-state index in [1.165, 1.54) is 6.07 Å². The van der Waals surface area contributed by atoms with Crippen LogP contribution < -0.4 is 0 Å². The molecule has 1 rings (SSSR count). The third kappa shape index (κ3) is 54.2. The molecule has 22 heteroatoms. The van der Waals surface area contributed by atoms with Crippen LogP contribution >= 0.6 is 0 Å². The molecule has 0 unspecified atom stereocenters. The fourth-order valence-corrected chi connectivity index (χ4v) is 8.75. The summed E-state index contributed by atoms with van der Waals surface area (Å²) in [5, 5.41) is 0. The van der Waals surface area contributed by atoms with Crippen molar-refractivity contribution in [2.45, 2.75) is 257 Å². The summed E-state index contributed by atoms with van der Waals surface area (Å²) in [5.74, 6) is -2.97. The predicted octanol–water partition coefficient (Wildman–Crippen LogP) is 12.3. The van der Waals surface area contributed by atoms with Crippen LogP contribution in [0.5, 0.6) is 0 Å². The van der Waals surface area contributed by atoms with Gasteiger partial charge < -0.3 is 52.2 Å². The van der Waals surface area contributed by atoms with Gasteiger partial charge in [-0.05, 0) is 205 Å². The second-order valence-corrected chi connectivity index (χ2v) is 22.2. The van der Waals surface area contributed by atoms with Crippen LogP contribution in [0.15, 0.2) is 24.3 Å². The molecule has 0 aliphatic carbocycles. The Hall–Kier alpha value is -6.74. The lowest BCUT2D eigenvalue weighted by Gasteiger charge is -2.07. The molecule has 0 saturated carbocycles. The number of carbonyl (C=O) groups is 12. The summed E-state index contributed by atoms with van der Waals surface area (Å²) in [6.45, 7) is 2.90. The zero-order valence-corrected chi connectivity index (χ0v) is 53.8. The molecule has 0 amide bonds. The van der Waals surface area contributed by atoms with Crippen LogP contribution in [-0.4, -0.2) is 138 Å². The number of ether oxygens (including phenoxy) is 10. The van der Waals surface area contributed by atoms with Gasteiger partial charge in [0, 0.05) is 69.8 Å². The van der Waals surface area contributed by atoms with E-state index in [2.05, 4.69) is 0 Å². The topological polar surface area (TPSA) is 297 Å². The van der Waals surface area contributed by atoms with Gasteiger partial charge in [0.25, 0.3) is 0 Å². The van der Waals surface area contributed by atoms with Crippen molar-refractivity contribution in [3.05, 3.63) is 35.4 Å². The standard InChI is InChI=1S/C68H106O22/c69-44-21-1-2-22-45-81-59(71)35-12-3-23-46-82-60(72)36-13-4-24-47-83-61(73)37-14-5-25-48-84-62(74)38-15-6-26-49-85-63(75)39-16-7-27-50-86-64(76)40-17-8-28-51-87-65(77)41-18-9-29-52-88-66(78)42-19-10-30-53-89-67(79)43-20-11-31-54-90-68(80)58-34-32-33-57(55-58)56-70/h32-34,44,55-56H,1-31,35-43,45-54H2. The van der Waals surface area contributed by atoms with Crippen molar-refractivity contribution in [1.29, 1.82) is 0 Å². The van der Waals surface area contributed by atoms with Crippen molar-refractivity contribution in [2.75, 3.05) is 66.1 Å². The van der Waals surface area contributed by atoms with Gasteiger partial charge in [0.05, 0.1) is 71.6 Å². The van der Waals surface area contributed by atoms with Crippen LogP contribution in [0.2, 0.25) is 0 Å². The molecule has 0 fully saturated rings. The molecule has 0 aliphatic rings. The van der Waals surface area contributed by atoms with Crippen LogP contribution in [0.1, 0.15) is 278 Å². The van der Waals surface area contributed by atoms with E-state index in [1.54, 1.807) is 18.2 Å². The van der Waals surface area contributed by atoms with Crippen molar-refractivity contribution in [2.24, 2.45) is 0 Å². The summed E-state index contributed by atoms with van der Waals surface area (Å²) in [5.41, 5.74) is 0.719. The van der Waals surface area contributed by atoms with Gasteiger partial charge in [0.15, 0.2) is 0 Å². The van der Waals surface area contributed by atoms with Gasteiger partial charge in [-0.3, -0.25) is 47.9 Å². The highest BCUT2D eigenvalue weighted by Gasteiger charge is 2.13. The quantitative estimate of drug-likeness (QED) is 0.0253. The van der Waals surface area contributed by atoms with Gasteiger partial charge in [-0.15, -0.1) is 0 Å². The fraction of sp³-hybridized carbons (Fsp3) is 0.735. The summed E-state index contributed by atoms with van der Waals surface area (Å²) < 4.78 is 52.7. The van der Waals surface area contributed by atoms with Crippen LogP contribution in [0.4, 0.5) is 0 Å². The molecule has 0 spiro atoms. The second kappa shape index (κ2) is 59.9. The number of rotatable bonds is 62. The molecule has 0 bridgehead atoms. The lowest BCUT2D eigenvalue weighted by atomic mass is 10.1. The first kappa shape index (κ1) is 81.3. The van der Waals surface area contributed by atoms with E-state index in [1.807, 2.05) is 0 Å². The number of carbonyl (C=O) groups excluding carboxylic acids is 12. The van der Waals surface area contributed by atoms with Crippen molar-refractivity contribution in [3.63, 3.8) is 0 Å². The van der Waals surface area contributed by atoms with E-state index in [-0.39, 0.29) is 145 Å². The lowest BCUT2D eigenvalue weighted by molar-refractivity contribution is -0.146. The third-order valence-corrected chi connectivity index (χ3v) is 14.1. The van der Waals surface area contributed by atoms with Crippen molar-refractivity contribution in [1.82, 2.24) is 0 Å². The van der Waals surface area contributed by atoms with E-state index in [9.17, 15) is 57.5 Å². The number of hydrogen-bond donors (Lipinski definition) is 0. The summed E-state index contributed by atoms with van der Waals surface area (Å²) in [6.07, 6.45) is 25.0. The maximum Gasteiger partial charge on any atom is 0.338 e. The Bertz CT molecular complexity index is 2140. The molecule has 22 nitrogen and oxygen atoms in total. The Labute approximate surface area is 533 Å². The number of aldehydes is 2. The predicted molar refractivity (Wildman–Crippen MR) is 331 cm³/mol. The number of unbranched alkanes of at least 4 members (excludes halogenated alkanes) is 21. The molecular formula is C68H106O22. The monoisotopic (exact) mass is 1270 g/mol. The maximum absolute atomic E-state index is 12.1. The summed E-state index contributed by atoms with van der Waals surface area (Å²) in [6, 6.07) is 6.28. The molecule has 0 heterocycles. The first-order valence-corrected chi connectivity index (χ1v) is 33.4. The lowest BCUT2D eigenvalue weighted by Crippen LogP contribution is -2.09. The largest absolute Gasteiger partial charge is 0.466 e. The fourth-order valence-electron chi connectivity index (χ4n) is 8.75. The first-order valence-electron chi connectivity index (χ1n) is 33.4. The van der Waals surface area contributed by atoms with Gasteiger partial charge in [-0.1, -0.05) is 12.1 Å². The molecule has 0 saturated heterocycles. The van der Waals surface area contributed by atoms with Gasteiger partial charge in [-0.2, -0.15) is 0 Å². The zero-order chi connectivity index (χ0) is 65.6. The Kier molecular flexibility index (Phi) is 54.1. The molecule has 90 heavy (non-hydrogen) atoms. The average Bonchev–Trinajstić information content (AvgIpc) is 3.35. The normalized spacial score (nSPS) is 10.8. The van der Waals surface area contributed by atoms with Crippen LogP contribution in [0.25, 0.3) is 0 Å². The summed E-state index contributed by atoms with van der Waals surface area (Å²) in [4.78, 5) is 141. The molecule has 0 aromatic heterocycles. The first-order chi connectivity index (χ1) is 43.8. The highest BCUT2D eigenvalue weighted by molar-refractivity contribution is 5.91. The number of hydrogen-bond acceptors (Lipinski definition) is 22. The second-order valence-electron chi connectivity index (χ2n) is 22.2. The average molecular weight is 1280 g/mol. The van der Waals surface area contributed by atoms with Crippen LogP contribution in [0.3, 0.4) is 0 Å².